The lowest BCUT2D eigenvalue weighted by atomic mass is 10.2. The van der Waals surface area contributed by atoms with Crippen LogP contribution in [0.2, 0.25) is 5.02 Å². The van der Waals surface area contributed by atoms with Gasteiger partial charge >= 0.3 is 0 Å². The predicted octanol–water partition coefficient (Wildman–Crippen LogP) is 3.80. The van der Waals surface area contributed by atoms with Crippen molar-refractivity contribution in [2.75, 3.05) is 12.4 Å². The van der Waals surface area contributed by atoms with Gasteiger partial charge in [-0.3, -0.25) is 9.59 Å². The number of thioether (sulfide) groups is 1. The van der Waals surface area contributed by atoms with Gasteiger partial charge < -0.3 is 10.2 Å². The third kappa shape index (κ3) is 3.74. The van der Waals surface area contributed by atoms with E-state index in [1.807, 2.05) is 42.5 Å². The molecule has 0 radical (unpaired) electrons. The lowest BCUT2D eigenvalue weighted by molar-refractivity contribution is -0.131. The van der Waals surface area contributed by atoms with Crippen LogP contribution in [-0.2, 0) is 16.1 Å². The van der Waals surface area contributed by atoms with Crippen LogP contribution in [0.1, 0.15) is 12.0 Å². The van der Waals surface area contributed by atoms with Crippen LogP contribution in [0.15, 0.2) is 53.4 Å². The van der Waals surface area contributed by atoms with E-state index in [1.165, 1.54) is 11.8 Å². The molecule has 1 heterocycles. The van der Waals surface area contributed by atoms with Gasteiger partial charge in [0.15, 0.2) is 0 Å². The van der Waals surface area contributed by atoms with Gasteiger partial charge in [-0.25, -0.2) is 0 Å². The quantitative estimate of drug-likeness (QED) is 0.902. The maximum atomic E-state index is 12.5. The highest BCUT2D eigenvalue weighted by molar-refractivity contribution is 8.01. The molecule has 1 aliphatic heterocycles. The van der Waals surface area contributed by atoms with Crippen LogP contribution in [0.4, 0.5) is 5.69 Å². The van der Waals surface area contributed by atoms with Crippen LogP contribution in [0.25, 0.3) is 0 Å². The molecule has 0 fully saturated rings. The molecule has 0 aliphatic carbocycles. The molecule has 2 aromatic carbocycles. The summed E-state index contributed by atoms with van der Waals surface area (Å²) in [5.41, 5.74) is 1.70. The number of carbonyl (C=O) groups excluding carboxylic acids is 2. The Hall–Kier alpha value is -1.98. The summed E-state index contributed by atoms with van der Waals surface area (Å²) in [7, 11) is 1.73. The van der Waals surface area contributed by atoms with E-state index >= 15 is 0 Å². The third-order valence-corrected chi connectivity index (χ3v) is 5.50. The number of anilines is 1. The van der Waals surface area contributed by atoms with E-state index in [0.29, 0.717) is 11.6 Å². The number of carbonyl (C=O) groups is 2. The highest BCUT2D eigenvalue weighted by atomic mass is 35.5. The van der Waals surface area contributed by atoms with Gasteiger partial charge in [0.05, 0.1) is 10.9 Å². The van der Waals surface area contributed by atoms with Crippen molar-refractivity contribution >= 4 is 40.9 Å². The van der Waals surface area contributed by atoms with Gasteiger partial charge in [-0.2, -0.15) is 0 Å². The largest absolute Gasteiger partial charge is 0.341 e. The number of halogens is 1. The minimum atomic E-state index is -0.416. The fourth-order valence-electron chi connectivity index (χ4n) is 2.51. The number of para-hydroxylation sites is 1. The van der Waals surface area contributed by atoms with E-state index in [-0.39, 0.29) is 18.2 Å². The molecule has 2 amide bonds. The molecule has 4 nitrogen and oxygen atoms in total. The van der Waals surface area contributed by atoms with Crippen LogP contribution in [0.5, 0.6) is 0 Å². The Kier molecular flexibility index (Phi) is 5.11. The Morgan fingerprint density at radius 3 is 2.71 bits per heavy atom. The first-order valence-electron chi connectivity index (χ1n) is 7.58. The molecule has 0 unspecified atom stereocenters. The summed E-state index contributed by atoms with van der Waals surface area (Å²) in [6.07, 6.45) is 0.159. The molecule has 0 bridgehead atoms. The number of amides is 2. The molecule has 1 N–H and O–H groups in total. The number of nitrogens with zero attached hydrogens (tertiary/aromatic N) is 1. The Morgan fingerprint density at radius 2 is 1.92 bits per heavy atom. The van der Waals surface area contributed by atoms with Gasteiger partial charge in [0.25, 0.3) is 0 Å². The monoisotopic (exact) mass is 360 g/mol. The van der Waals surface area contributed by atoms with Gasteiger partial charge in [-0.05, 0) is 23.8 Å². The molecule has 124 valence electrons. The maximum absolute atomic E-state index is 12.5. The van der Waals surface area contributed by atoms with Gasteiger partial charge in [0.2, 0.25) is 11.8 Å². The lowest BCUT2D eigenvalue weighted by Gasteiger charge is -2.25. The number of fused-ring (bicyclic) bond motifs is 1. The molecule has 1 atom stereocenters. The molecule has 1 aliphatic rings. The fraction of sp³-hybridized carbons (Fsp3) is 0.222. The van der Waals surface area contributed by atoms with E-state index in [1.54, 1.807) is 18.0 Å². The van der Waals surface area contributed by atoms with Crippen molar-refractivity contribution in [2.45, 2.75) is 23.1 Å². The van der Waals surface area contributed by atoms with Crippen molar-refractivity contribution < 1.29 is 9.59 Å². The van der Waals surface area contributed by atoms with Crippen molar-refractivity contribution in [2.24, 2.45) is 0 Å². The highest BCUT2D eigenvalue weighted by Crippen LogP contribution is 2.36. The molecular formula is C18H17ClN2O2S. The lowest BCUT2D eigenvalue weighted by Crippen LogP contribution is -2.35. The van der Waals surface area contributed by atoms with E-state index in [0.717, 1.165) is 16.1 Å². The zero-order chi connectivity index (χ0) is 17.1. The van der Waals surface area contributed by atoms with Crippen LogP contribution < -0.4 is 5.32 Å². The second-order valence-electron chi connectivity index (χ2n) is 5.64. The molecule has 0 saturated heterocycles. The fourth-order valence-corrected chi connectivity index (χ4v) is 3.81. The minimum Gasteiger partial charge on any atom is -0.341 e. The summed E-state index contributed by atoms with van der Waals surface area (Å²) in [4.78, 5) is 27.3. The van der Waals surface area contributed by atoms with Crippen LogP contribution in [0, 0.1) is 0 Å². The summed E-state index contributed by atoms with van der Waals surface area (Å²) in [5.74, 6) is -0.208. The van der Waals surface area contributed by atoms with Gasteiger partial charge in [0, 0.05) is 29.9 Å². The van der Waals surface area contributed by atoms with E-state index in [4.69, 9.17) is 11.6 Å². The zero-order valence-electron chi connectivity index (χ0n) is 13.2. The standard InChI is InChI=1S/C18H17ClN2O2S/c1-21(11-12-6-2-3-7-13(12)19)17(22)10-16-18(23)20-14-8-4-5-9-15(14)24-16/h2-9,16H,10-11H2,1H3,(H,20,23)/t16-/m1/s1. The topological polar surface area (TPSA) is 49.4 Å². The number of hydrogen-bond acceptors (Lipinski definition) is 3. The predicted molar refractivity (Wildman–Crippen MR) is 97.3 cm³/mol. The van der Waals surface area contributed by atoms with Crippen LogP contribution in [-0.4, -0.2) is 29.0 Å². The average molecular weight is 361 g/mol. The number of hydrogen-bond donors (Lipinski definition) is 1. The second kappa shape index (κ2) is 7.28. The third-order valence-electron chi connectivity index (χ3n) is 3.86. The molecule has 6 heteroatoms. The van der Waals surface area contributed by atoms with Crippen molar-refractivity contribution in [3.05, 3.63) is 59.1 Å². The summed E-state index contributed by atoms with van der Waals surface area (Å²) in [5, 5.41) is 3.08. The van der Waals surface area contributed by atoms with Crippen molar-refractivity contribution in [3.8, 4) is 0 Å². The number of rotatable bonds is 4. The van der Waals surface area contributed by atoms with Crippen molar-refractivity contribution in [1.29, 1.82) is 0 Å². The van der Waals surface area contributed by atoms with E-state index < -0.39 is 5.25 Å². The SMILES string of the molecule is CN(Cc1ccccc1Cl)C(=O)C[C@H]1Sc2ccccc2NC1=O. The summed E-state index contributed by atoms with van der Waals surface area (Å²) >= 11 is 7.57. The van der Waals surface area contributed by atoms with Crippen molar-refractivity contribution in [3.63, 3.8) is 0 Å². The molecule has 0 spiro atoms. The Morgan fingerprint density at radius 1 is 1.21 bits per heavy atom. The Labute approximate surface area is 150 Å². The van der Waals surface area contributed by atoms with Gasteiger partial charge in [0.1, 0.15) is 0 Å². The van der Waals surface area contributed by atoms with Gasteiger partial charge in [-0.1, -0.05) is 41.9 Å². The highest BCUT2D eigenvalue weighted by Gasteiger charge is 2.29. The van der Waals surface area contributed by atoms with Crippen molar-refractivity contribution in [1.82, 2.24) is 4.90 Å². The van der Waals surface area contributed by atoms with Crippen LogP contribution >= 0.6 is 23.4 Å². The Bertz CT molecular complexity index is 781. The smallest absolute Gasteiger partial charge is 0.238 e. The second-order valence-corrected chi connectivity index (χ2v) is 7.29. The normalized spacial score (nSPS) is 16.2. The first-order valence-corrected chi connectivity index (χ1v) is 8.84. The van der Waals surface area contributed by atoms with Crippen LogP contribution in [0.3, 0.4) is 0 Å². The average Bonchev–Trinajstić information content (AvgIpc) is 2.57. The molecule has 0 aromatic heterocycles. The molecular weight excluding hydrogens is 344 g/mol. The summed E-state index contributed by atoms with van der Waals surface area (Å²) in [6, 6.07) is 15.1. The number of nitrogens with one attached hydrogen (secondary N) is 1. The summed E-state index contributed by atoms with van der Waals surface area (Å²) in [6.45, 7) is 0.425. The van der Waals surface area contributed by atoms with E-state index in [2.05, 4.69) is 5.32 Å². The molecule has 24 heavy (non-hydrogen) atoms. The number of benzene rings is 2. The molecule has 0 saturated carbocycles. The minimum absolute atomic E-state index is 0.0815. The maximum Gasteiger partial charge on any atom is 0.238 e. The Balaban J connectivity index is 1.64. The zero-order valence-corrected chi connectivity index (χ0v) is 14.7. The molecule has 2 aromatic rings. The molecule has 3 rings (SSSR count). The van der Waals surface area contributed by atoms with Gasteiger partial charge in [-0.15, -0.1) is 11.8 Å². The first-order chi connectivity index (χ1) is 11.5. The first kappa shape index (κ1) is 16.9. The summed E-state index contributed by atoms with van der Waals surface area (Å²) < 4.78 is 0. The van der Waals surface area contributed by atoms with E-state index in [9.17, 15) is 9.59 Å².